The van der Waals surface area contributed by atoms with Crippen molar-refractivity contribution in [2.45, 2.75) is 24.8 Å². The van der Waals surface area contributed by atoms with Gasteiger partial charge in [0.15, 0.2) is 0 Å². The minimum atomic E-state index is -0.591. The van der Waals surface area contributed by atoms with E-state index >= 15 is 0 Å². The Morgan fingerprint density at radius 2 is 2.31 bits per heavy atom. The van der Waals surface area contributed by atoms with Crippen LogP contribution in [-0.4, -0.2) is 50.2 Å². The largest absolute Gasteiger partial charge is 0.468 e. The second kappa shape index (κ2) is 5.88. The topological polar surface area (TPSA) is 41.6 Å². The zero-order chi connectivity index (χ0) is 12.0. The van der Waals surface area contributed by atoms with Crippen molar-refractivity contribution in [3.8, 4) is 12.3 Å². The third-order valence-corrected chi connectivity index (χ3v) is 3.17. The van der Waals surface area contributed by atoms with E-state index in [4.69, 9.17) is 11.2 Å². The highest BCUT2D eigenvalue weighted by atomic mass is 16.5. The van der Waals surface area contributed by atoms with Crippen LogP contribution in [-0.2, 0) is 9.53 Å². The molecule has 1 N–H and O–H groups in total. The number of likely N-dealkylation sites (tertiary alicyclic amines) is 1. The van der Waals surface area contributed by atoms with Crippen molar-refractivity contribution < 1.29 is 9.53 Å². The van der Waals surface area contributed by atoms with Gasteiger partial charge in [0, 0.05) is 6.54 Å². The van der Waals surface area contributed by atoms with Gasteiger partial charge in [-0.2, -0.15) is 0 Å². The van der Waals surface area contributed by atoms with Crippen molar-refractivity contribution in [1.82, 2.24) is 10.2 Å². The summed E-state index contributed by atoms with van der Waals surface area (Å²) in [5, 5.41) is 3.16. The molecule has 4 heteroatoms. The first-order valence-electron chi connectivity index (χ1n) is 5.60. The first kappa shape index (κ1) is 13.0. The van der Waals surface area contributed by atoms with Crippen LogP contribution in [0.15, 0.2) is 0 Å². The van der Waals surface area contributed by atoms with E-state index in [0.29, 0.717) is 6.54 Å². The number of hydrogen-bond donors (Lipinski definition) is 1. The summed E-state index contributed by atoms with van der Waals surface area (Å²) in [7, 11) is 3.49. The second-order valence-corrected chi connectivity index (χ2v) is 4.29. The number of methoxy groups -OCH3 is 1. The maximum atomic E-state index is 11.9. The summed E-state index contributed by atoms with van der Waals surface area (Å²) < 4.78 is 4.89. The van der Waals surface area contributed by atoms with Gasteiger partial charge in [-0.05, 0) is 32.9 Å². The van der Waals surface area contributed by atoms with Gasteiger partial charge in [-0.15, -0.1) is 6.42 Å². The molecule has 0 bridgehead atoms. The molecule has 0 saturated carbocycles. The van der Waals surface area contributed by atoms with Gasteiger partial charge in [-0.3, -0.25) is 10.1 Å². The van der Waals surface area contributed by atoms with Crippen LogP contribution in [0.4, 0.5) is 0 Å². The predicted octanol–water partition coefficient (Wildman–Crippen LogP) is 0.237. The number of rotatable bonds is 3. The lowest BCUT2D eigenvalue weighted by Crippen LogP contribution is -2.53. The van der Waals surface area contributed by atoms with Crippen LogP contribution < -0.4 is 5.32 Å². The van der Waals surface area contributed by atoms with Crippen molar-refractivity contribution >= 4 is 5.97 Å². The van der Waals surface area contributed by atoms with Gasteiger partial charge in [-0.25, -0.2) is 0 Å². The minimum absolute atomic E-state index is 0.196. The van der Waals surface area contributed by atoms with E-state index in [9.17, 15) is 4.79 Å². The molecule has 16 heavy (non-hydrogen) atoms. The number of ether oxygens (including phenoxy) is 1. The van der Waals surface area contributed by atoms with Gasteiger partial charge in [-0.1, -0.05) is 5.92 Å². The van der Waals surface area contributed by atoms with E-state index in [1.54, 1.807) is 0 Å². The van der Waals surface area contributed by atoms with E-state index < -0.39 is 5.54 Å². The van der Waals surface area contributed by atoms with Crippen molar-refractivity contribution in [1.29, 1.82) is 0 Å². The summed E-state index contributed by atoms with van der Waals surface area (Å²) in [6, 6.07) is 0. The molecule has 90 valence electrons. The van der Waals surface area contributed by atoms with Crippen LogP contribution in [0.1, 0.15) is 19.3 Å². The summed E-state index contributed by atoms with van der Waals surface area (Å²) in [6.45, 7) is 2.29. The van der Waals surface area contributed by atoms with Gasteiger partial charge in [0.05, 0.1) is 13.7 Å². The SMILES string of the molecule is C#CCNC1(C(=O)OC)CCCN(C)CC1. The molecule has 1 aliphatic heterocycles. The third kappa shape index (κ3) is 2.97. The van der Waals surface area contributed by atoms with Crippen LogP contribution in [0.2, 0.25) is 0 Å². The average Bonchev–Trinajstić information content (AvgIpc) is 2.49. The Morgan fingerprint density at radius 3 is 2.94 bits per heavy atom. The lowest BCUT2D eigenvalue weighted by atomic mass is 9.90. The Kier molecular flexibility index (Phi) is 4.78. The van der Waals surface area contributed by atoms with Gasteiger partial charge < -0.3 is 9.64 Å². The normalized spacial score (nSPS) is 26.8. The molecule has 1 fully saturated rings. The van der Waals surface area contributed by atoms with Gasteiger partial charge in [0.1, 0.15) is 5.54 Å². The molecule has 0 aliphatic carbocycles. The summed E-state index contributed by atoms with van der Waals surface area (Å²) >= 11 is 0. The summed E-state index contributed by atoms with van der Waals surface area (Å²) in [5.74, 6) is 2.32. The van der Waals surface area contributed by atoms with Crippen LogP contribution in [0.3, 0.4) is 0 Å². The van der Waals surface area contributed by atoms with E-state index in [2.05, 4.69) is 23.2 Å². The third-order valence-electron chi connectivity index (χ3n) is 3.17. The molecule has 1 heterocycles. The first-order valence-corrected chi connectivity index (χ1v) is 5.60. The zero-order valence-electron chi connectivity index (χ0n) is 10.1. The van der Waals surface area contributed by atoms with Gasteiger partial charge in [0.2, 0.25) is 0 Å². The first-order chi connectivity index (χ1) is 7.64. The number of terminal acetylenes is 1. The molecule has 0 aromatic carbocycles. The number of carbonyl (C=O) groups excluding carboxylic acids is 1. The van der Waals surface area contributed by atoms with Crippen LogP contribution in [0.5, 0.6) is 0 Å². The van der Waals surface area contributed by atoms with Crippen LogP contribution >= 0.6 is 0 Å². The van der Waals surface area contributed by atoms with Crippen molar-refractivity contribution in [3.05, 3.63) is 0 Å². The highest BCUT2D eigenvalue weighted by Crippen LogP contribution is 2.23. The molecule has 1 atom stereocenters. The average molecular weight is 224 g/mol. The molecule has 1 aliphatic rings. The molecule has 0 amide bonds. The molecular weight excluding hydrogens is 204 g/mol. The summed E-state index contributed by atoms with van der Waals surface area (Å²) in [4.78, 5) is 14.1. The highest BCUT2D eigenvalue weighted by molar-refractivity contribution is 5.80. The number of hydrogen-bond acceptors (Lipinski definition) is 4. The number of esters is 1. The van der Waals surface area contributed by atoms with E-state index in [-0.39, 0.29) is 5.97 Å². The second-order valence-electron chi connectivity index (χ2n) is 4.29. The smallest absolute Gasteiger partial charge is 0.326 e. The van der Waals surface area contributed by atoms with Crippen LogP contribution in [0.25, 0.3) is 0 Å². The maximum absolute atomic E-state index is 11.9. The summed E-state index contributed by atoms with van der Waals surface area (Å²) in [6.07, 6.45) is 7.74. The molecular formula is C12H20N2O2. The van der Waals surface area contributed by atoms with Crippen molar-refractivity contribution in [2.24, 2.45) is 0 Å². The zero-order valence-corrected chi connectivity index (χ0v) is 10.1. The lowest BCUT2D eigenvalue weighted by molar-refractivity contribution is -0.149. The lowest BCUT2D eigenvalue weighted by Gasteiger charge is -2.30. The molecule has 1 unspecified atom stereocenters. The van der Waals surface area contributed by atoms with Crippen molar-refractivity contribution in [3.63, 3.8) is 0 Å². The molecule has 4 nitrogen and oxygen atoms in total. The molecule has 0 aromatic heterocycles. The molecule has 0 aromatic rings. The van der Waals surface area contributed by atoms with Crippen molar-refractivity contribution in [2.75, 3.05) is 33.8 Å². The van der Waals surface area contributed by atoms with Gasteiger partial charge in [0.25, 0.3) is 0 Å². The van der Waals surface area contributed by atoms with Gasteiger partial charge >= 0.3 is 5.97 Å². The Morgan fingerprint density at radius 1 is 1.56 bits per heavy atom. The Labute approximate surface area is 97.3 Å². The highest BCUT2D eigenvalue weighted by Gasteiger charge is 2.39. The predicted molar refractivity (Wildman–Crippen MR) is 62.9 cm³/mol. The fraction of sp³-hybridized carbons (Fsp3) is 0.750. The monoisotopic (exact) mass is 224 g/mol. The molecule has 0 radical (unpaired) electrons. The molecule has 0 spiro atoms. The van der Waals surface area contributed by atoms with E-state index in [0.717, 1.165) is 32.4 Å². The Hall–Kier alpha value is -1.05. The molecule has 1 rings (SSSR count). The number of carbonyl (C=O) groups is 1. The summed E-state index contributed by atoms with van der Waals surface area (Å²) in [5.41, 5.74) is -0.591. The fourth-order valence-corrected chi connectivity index (χ4v) is 2.14. The number of nitrogens with zero attached hydrogens (tertiary/aromatic N) is 1. The quantitative estimate of drug-likeness (QED) is 0.550. The molecule has 1 saturated heterocycles. The Balaban J connectivity index is 2.77. The minimum Gasteiger partial charge on any atom is -0.468 e. The maximum Gasteiger partial charge on any atom is 0.326 e. The van der Waals surface area contributed by atoms with E-state index in [1.165, 1.54) is 7.11 Å². The standard InChI is InChI=1S/C12H20N2O2/c1-4-8-13-12(11(15)16-3)6-5-9-14(2)10-7-12/h1,13H,5-10H2,2-3H3. The fourth-order valence-electron chi connectivity index (χ4n) is 2.14. The number of nitrogens with one attached hydrogen (secondary N) is 1. The van der Waals surface area contributed by atoms with Crippen LogP contribution in [0, 0.1) is 12.3 Å². The van der Waals surface area contributed by atoms with E-state index in [1.807, 2.05) is 0 Å². The Bertz CT molecular complexity index is 285.